The van der Waals surface area contributed by atoms with Crippen LogP contribution in [0.25, 0.3) is 0 Å². The lowest BCUT2D eigenvalue weighted by Crippen LogP contribution is -2.30. The molecular formula is C21H28N2O3S. The van der Waals surface area contributed by atoms with Crippen molar-refractivity contribution in [3.05, 3.63) is 45.8 Å². The lowest BCUT2D eigenvalue weighted by atomic mass is 9.87. The summed E-state index contributed by atoms with van der Waals surface area (Å²) in [6.07, 6.45) is -0.0264. The van der Waals surface area contributed by atoms with Gasteiger partial charge in [0.15, 0.2) is 6.10 Å². The molecule has 5 nitrogen and oxygen atoms in total. The molecular weight excluding hydrogens is 360 g/mol. The normalized spacial score (nSPS) is 12.5. The molecule has 0 saturated carbocycles. The summed E-state index contributed by atoms with van der Waals surface area (Å²) in [7, 11) is 0. The fourth-order valence-electron chi connectivity index (χ4n) is 2.86. The number of aryl methyl sites for hydroxylation is 1. The average Bonchev–Trinajstić information content (AvgIpc) is 2.89. The molecule has 146 valence electrons. The van der Waals surface area contributed by atoms with Gasteiger partial charge >= 0.3 is 0 Å². The minimum Gasteiger partial charge on any atom is -0.481 e. The van der Waals surface area contributed by atoms with Crippen LogP contribution in [-0.4, -0.2) is 17.9 Å². The number of ether oxygens (including phenoxy) is 1. The standard InChI is InChI=1S/C21H28N2O3S/c1-7-16-13(3)27-20(17(16)18(22)24)23-19(25)12(2)26-15-10-8-14(9-11-15)21(4,5)6/h8-12H,7H2,1-6H3,(H2,22,24)(H,23,25). The van der Waals surface area contributed by atoms with Crippen molar-refractivity contribution < 1.29 is 14.3 Å². The van der Waals surface area contributed by atoms with E-state index in [2.05, 4.69) is 26.1 Å². The number of carbonyl (C=O) groups excluding carboxylic acids is 2. The summed E-state index contributed by atoms with van der Waals surface area (Å²) in [4.78, 5) is 25.3. The number of rotatable bonds is 6. The first-order valence-electron chi connectivity index (χ1n) is 9.04. The van der Waals surface area contributed by atoms with Crippen molar-refractivity contribution in [2.45, 2.75) is 59.5 Å². The van der Waals surface area contributed by atoms with E-state index < -0.39 is 12.0 Å². The number of nitrogens with one attached hydrogen (secondary N) is 1. The third kappa shape index (κ3) is 4.89. The number of hydrogen-bond donors (Lipinski definition) is 2. The van der Waals surface area contributed by atoms with E-state index in [1.165, 1.54) is 16.9 Å². The molecule has 0 aliphatic heterocycles. The number of benzene rings is 1. The zero-order valence-corrected chi connectivity index (χ0v) is 17.6. The van der Waals surface area contributed by atoms with Crippen LogP contribution >= 0.6 is 11.3 Å². The number of thiophene rings is 1. The first-order chi connectivity index (χ1) is 12.5. The maximum Gasteiger partial charge on any atom is 0.265 e. The van der Waals surface area contributed by atoms with Crippen LogP contribution in [0, 0.1) is 6.92 Å². The van der Waals surface area contributed by atoms with Crippen LogP contribution in [0.1, 0.15) is 61.0 Å². The summed E-state index contributed by atoms with van der Waals surface area (Å²) >= 11 is 1.36. The summed E-state index contributed by atoms with van der Waals surface area (Å²) in [5.41, 5.74) is 8.05. The molecule has 6 heteroatoms. The van der Waals surface area contributed by atoms with Crippen LogP contribution in [0.2, 0.25) is 0 Å². The Bertz CT molecular complexity index is 832. The van der Waals surface area contributed by atoms with Gasteiger partial charge in [0.25, 0.3) is 11.8 Å². The second kappa shape index (κ2) is 8.13. The van der Waals surface area contributed by atoms with Crippen molar-refractivity contribution in [3.63, 3.8) is 0 Å². The Morgan fingerprint density at radius 2 is 1.81 bits per heavy atom. The fourth-order valence-corrected chi connectivity index (χ4v) is 4.01. The van der Waals surface area contributed by atoms with Crippen LogP contribution in [0.4, 0.5) is 5.00 Å². The van der Waals surface area contributed by atoms with Gasteiger partial charge in [-0.3, -0.25) is 9.59 Å². The van der Waals surface area contributed by atoms with Gasteiger partial charge in [-0.1, -0.05) is 39.8 Å². The Morgan fingerprint density at radius 1 is 1.22 bits per heavy atom. The molecule has 2 rings (SSSR count). The van der Waals surface area contributed by atoms with Crippen molar-refractivity contribution in [2.75, 3.05) is 5.32 Å². The van der Waals surface area contributed by atoms with Gasteiger partial charge in [0.2, 0.25) is 0 Å². The topological polar surface area (TPSA) is 81.4 Å². The van der Waals surface area contributed by atoms with Gasteiger partial charge in [-0.05, 0) is 48.9 Å². The number of primary amides is 1. The lowest BCUT2D eigenvalue weighted by Gasteiger charge is -2.20. The molecule has 2 aromatic rings. The summed E-state index contributed by atoms with van der Waals surface area (Å²) < 4.78 is 5.76. The number of carbonyl (C=O) groups is 2. The molecule has 0 aliphatic rings. The molecule has 0 spiro atoms. The highest BCUT2D eigenvalue weighted by atomic mass is 32.1. The van der Waals surface area contributed by atoms with Gasteiger partial charge in [0.05, 0.1) is 5.56 Å². The summed E-state index contributed by atoms with van der Waals surface area (Å²) in [5, 5.41) is 3.28. The van der Waals surface area contributed by atoms with E-state index in [4.69, 9.17) is 10.5 Å². The van der Waals surface area contributed by atoms with Gasteiger partial charge < -0.3 is 15.8 Å². The van der Waals surface area contributed by atoms with Crippen molar-refractivity contribution in [2.24, 2.45) is 5.73 Å². The number of nitrogens with two attached hydrogens (primary N) is 1. The highest BCUT2D eigenvalue weighted by Gasteiger charge is 2.23. The van der Waals surface area contributed by atoms with E-state index in [-0.39, 0.29) is 11.3 Å². The molecule has 1 heterocycles. The highest BCUT2D eigenvalue weighted by molar-refractivity contribution is 7.16. The number of amides is 2. The minimum absolute atomic E-state index is 0.0562. The fraction of sp³-hybridized carbons (Fsp3) is 0.429. The van der Waals surface area contributed by atoms with Gasteiger partial charge in [0, 0.05) is 4.88 Å². The van der Waals surface area contributed by atoms with Crippen molar-refractivity contribution in [1.29, 1.82) is 0 Å². The Kier molecular flexibility index (Phi) is 6.31. The van der Waals surface area contributed by atoms with Crippen LogP contribution in [0.3, 0.4) is 0 Å². The number of hydrogen-bond acceptors (Lipinski definition) is 4. The smallest absolute Gasteiger partial charge is 0.265 e. The Morgan fingerprint density at radius 3 is 2.30 bits per heavy atom. The predicted molar refractivity (Wildman–Crippen MR) is 111 cm³/mol. The van der Waals surface area contributed by atoms with Crippen LogP contribution in [-0.2, 0) is 16.6 Å². The third-order valence-corrected chi connectivity index (χ3v) is 5.51. The first kappa shape index (κ1) is 21.0. The lowest BCUT2D eigenvalue weighted by molar-refractivity contribution is -0.122. The molecule has 1 atom stereocenters. The zero-order valence-electron chi connectivity index (χ0n) is 16.8. The summed E-state index contributed by atoms with van der Waals surface area (Å²) in [6.45, 7) is 12.0. The van der Waals surface area contributed by atoms with E-state index >= 15 is 0 Å². The van der Waals surface area contributed by atoms with Gasteiger partial charge in [0.1, 0.15) is 10.8 Å². The van der Waals surface area contributed by atoms with Crippen molar-refractivity contribution in [3.8, 4) is 5.75 Å². The van der Waals surface area contributed by atoms with Crippen molar-refractivity contribution >= 4 is 28.2 Å². The molecule has 0 bridgehead atoms. The van der Waals surface area contributed by atoms with Crippen molar-refractivity contribution in [1.82, 2.24) is 0 Å². The van der Waals surface area contributed by atoms with Crippen LogP contribution in [0.5, 0.6) is 5.75 Å². The molecule has 1 aromatic carbocycles. The molecule has 3 N–H and O–H groups in total. The molecule has 0 fully saturated rings. The monoisotopic (exact) mass is 388 g/mol. The molecule has 1 aromatic heterocycles. The van der Waals surface area contributed by atoms with Gasteiger partial charge in [-0.15, -0.1) is 11.3 Å². The zero-order chi connectivity index (χ0) is 20.4. The predicted octanol–water partition coefficient (Wildman–Crippen LogP) is 4.42. The molecule has 0 saturated heterocycles. The Hall–Kier alpha value is -2.34. The summed E-state index contributed by atoms with van der Waals surface area (Å²) in [5.74, 6) is -0.225. The second-order valence-electron chi connectivity index (χ2n) is 7.58. The molecule has 0 radical (unpaired) electrons. The van der Waals surface area contributed by atoms with E-state index in [1.54, 1.807) is 6.92 Å². The maximum absolute atomic E-state index is 12.5. The minimum atomic E-state index is -0.710. The van der Waals surface area contributed by atoms with Gasteiger partial charge in [-0.2, -0.15) is 0 Å². The number of anilines is 1. The molecule has 2 amide bonds. The van der Waals surface area contributed by atoms with Crippen LogP contribution in [0.15, 0.2) is 24.3 Å². The van der Waals surface area contributed by atoms with E-state index in [1.807, 2.05) is 38.1 Å². The highest BCUT2D eigenvalue weighted by Crippen LogP contribution is 2.33. The van der Waals surface area contributed by atoms with E-state index in [9.17, 15) is 9.59 Å². The molecule has 27 heavy (non-hydrogen) atoms. The molecule has 0 aliphatic carbocycles. The van der Waals surface area contributed by atoms with Crippen LogP contribution < -0.4 is 15.8 Å². The third-order valence-electron chi connectivity index (χ3n) is 4.45. The Labute approximate surface area is 164 Å². The van der Waals surface area contributed by atoms with E-state index in [0.29, 0.717) is 22.7 Å². The average molecular weight is 389 g/mol. The Balaban J connectivity index is 2.11. The largest absolute Gasteiger partial charge is 0.481 e. The van der Waals surface area contributed by atoms with E-state index in [0.717, 1.165) is 10.4 Å². The maximum atomic E-state index is 12.5. The summed E-state index contributed by atoms with van der Waals surface area (Å²) in [6, 6.07) is 7.73. The second-order valence-corrected chi connectivity index (χ2v) is 8.81. The SMILES string of the molecule is CCc1c(C)sc(NC(=O)C(C)Oc2ccc(C(C)(C)C)cc2)c1C(N)=O. The first-order valence-corrected chi connectivity index (χ1v) is 9.86. The quantitative estimate of drug-likeness (QED) is 0.768. The molecule has 1 unspecified atom stereocenters. The van der Waals surface area contributed by atoms with Gasteiger partial charge in [-0.25, -0.2) is 0 Å².